The molecule has 0 saturated heterocycles. The van der Waals surface area contributed by atoms with Gasteiger partial charge in [0.25, 0.3) is 0 Å². The molecular formula is C12H9Cl2NO. The van der Waals surface area contributed by atoms with E-state index in [-0.39, 0.29) is 0 Å². The molecule has 82 valence electrons. The van der Waals surface area contributed by atoms with Crippen LogP contribution in [-0.2, 0) is 6.61 Å². The zero-order valence-corrected chi connectivity index (χ0v) is 9.87. The first-order chi connectivity index (χ1) is 7.74. The second kappa shape index (κ2) is 5.19. The minimum absolute atomic E-state index is 0.374. The SMILES string of the molecule is Clc1cc(COc2ccccc2)cc(Cl)n1. The minimum atomic E-state index is 0.374. The quantitative estimate of drug-likeness (QED) is 0.773. The highest BCUT2D eigenvalue weighted by Gasteiger charge is 2.00. The number of pyridine rings is 1. The van der Waals surface area contributed by atoms with Crippen molar-refractivity contribution in [2.75, 3.05) is 0 Å². The highest BCUT2D eigenvalue weighted by molar-refractivity contribution is 6.32. The number of nitrogens with zero attached hydrogens (tertiary/aromatic N) is 1. The van der Waals surface area contributed by atoms with Crippen molar-refractivity contribution < 1.29 is 4.74 Å². The summed E-state index contributed by atoms with van der Waals surface area (Å²) in [7, 11) is 0. The Morgan fingerprint density at radius 2 is 1.62 bits per heavy atom. The first-order valence-electron chi connectivity index (χ1n) is 4.74. The topological polar surface area (TPSA) is 22.1 Å². The van der Waals surface area contributed by atoms with Crippen molar-refractivity contribution in [3.63, 3.8) is 0 Å². The van der Waals surface area contributed by atoms with Gasteiger partial charge >= 0.3 is 0 Å². The molecule has 0 radical (unpaired) electrons. The van der Waals surface area contributed by atoms with Gasteiger partial charge in [-0.25, -0.2) is 4.98 Å². The van der Waals surface area contributed by atoms with E-state index in [2.05, 4.69) is 4.98 Å². The molecule has 0 amide bonds. The van der Waals surface area contributed by atoms with Crippen LogP contribution in [0.15, 0.2) is 42.5 Å². The van der Waals surface area contributed by atoms with Gasteiger partial charge in [0.05, 0.1) is 0 Å². The lowest BCUT2D eigenvalue weighted by Gasteiger charge is -2.06. The average molecular weight is 254 g/mol. The summed E-state index contributed by atoms with van der Waals surface area (Å²) in [5, 5.41) is 0.748. The van der Waals surface area contributed by atoms with Gasteiger partial charge in [0.1, 0.15) is 22.7 Å². The maximum absolute atomic E-state index is 5.78. The van der Waals surface area contributed by atoms with Crippen molar-refractivity contribution in [3.8, 4) is 5.75 Å². The molecule has 0 unspecified atom stereocenters. The van der Waals surface area contributed by atoms with Gasteiger partial charge in [0.2, 0.25) is 0 Å². The Bertz CT molecular complexity index is 453. The van der Waals surface area contributed by atoms with Crippen LogP contribution in [0.5, 0.6) is 5.75 Å². The van der Waals surface area contributed by atoms with Crippen LogP contribution < -0.4 is 4.74 Å². The molecule has 0 atom stereocenters. The van der Waals surface area contributed by atoms with Gasteiger partial charge in [-0.05, 0) is 29.8 Å². The summed E-state index contributed by atoms with van der Waals surface area (Å²) >= 11 is 11.6. The summed E-state index contributed by atoms with van der Waals surface area (Å²) in [6.45, 7) is 0.423. The van der Waals surface area contributed by atoms with Crippen LogP contribution in [0.3, 0.4) is 0 Å². The van der Waals surface area contributed by atoms with Crippen LogP contribution in [0.2, 0.25) is 10.3 Å². The normalized spacial score (nSPS) is 10.1. The van der Waals surface area contributed by atoms with E-state index in [0.29, 0.717) is 16.9 Å². The lowest BCUT2D eigenvalue weighted by molar-refractivity contribution is 0.306. The molecule has 0 spiro atoms. The van der Waals surface area contributed by atoms with Crippen molar-refractivity contribution in [2.24, 2.45) is 0 Å². The van der Waals surface area contributed by atoms with Crippen LogP contribution >= 0.6 is 23.2 Å². The molecule has 0 aliphatic heterocycles. The van der Waals surface area contributed by atoms with E-state index in [9.17, 15) is 0 Å². The number of para-hydroxylation sites is 1. The third-order valence-corrected chi connectivity index (χ3v) is 2.36. The summed E-state index contributed by atoms with van der Waals surface area (Å²) in [4.78, 5) is 3.86. The molecule has 4 heteroatoms. The molecule has 2 rings (SSSR count). The largest absolute Gasteiger partial charge is 0.489 e. The Kier molecular flexibility index (Phi) is 3.65. The predicted octanol–water partition coefficient (Wildman–Crippen LogP) is 3.97. The fraction of sp³-hybridized carbons (Fsp3) is 0.0833. The fourth-order valence-corrected chi connectivity index (χ4v) is 1.79. The third-order valence-electron chi connectivity index (χ3n) is 1.97. The van der Waals surface area contributed by atoms with Gasteiger partial charge in [0.15, 0.2) is 0 Å². The second-order valence-electron chi connectivity index (χ2n) is 3.22. The summed E-state index contributed by atoms with van der Waals surface area (Å²) in [5.41, 5.74) is 0.897. The molecule has 0 aliphatic carbocycles. The van der Waals surface area contributed by atoms with Gasteiger partial charge in [-0.2, -0.15) is 0 Å². The zero-order valence-electron chi connectivity index (χ0n) is 8.36. The molecule has 0 bridgehead atoms. The Hall–Kier alpha value is -1.25. The Morgan fingerprint density at radius 3 is 2.25 bits per heavy atom. The van der Waals surface area contributed by atoms with E-state index in [1.54, 1.807) is 12.1 Å². The number of hydrogen-bond acceptors (Lipinski definition) is 2. The molecular weight excluding hydrogens is 245 g/mol. The zero-order chi connectivity index (χ0) is 11.4. The summed E-state index contributed by atoms with van der Waals surface area (Å²) in [5.74, 6) is 0.812. The van der Waals surface area contributed by atoms with Gasteiger partial charge in [-0.3, -0.25) is 0 Å². The van der Waals surface area contributed by atoms with E-state index in [1.807, 2.05) is 30.3 Å². The van der Waals surface area contributed by atoms with E-state index in [4.69, 9.17) is 27.9 Å². The predicted molar refractivity (Wildman–Crippen MR) is 65.0 cm³/mol. The molecule has 16 heavy (non-hydrogen) atoms. The molecule has 0 aliphatic rings. The van der Waals surface area contributed by atoms with Crippen LogP contribution in [0.25, 0.3) is 0 Å². The molecule has 1 aromatic heterocycles. The van der Waals surface area contributed by atoms with E-state index >= 15 is 0 Å². The highest BCUT2D eigenvalue weighted by atomic mass is 35.5. The maximum atomic E-state index is 5.78. The Labute approximate surface area is 104 Å². The number of benzene rings is 1. The molecule has 0 saturated carbocycles. The first-order valence-corrected chi connectivity index (χ1v) is 5.49. The highest BCUT2D eigenvalue weighted by Crippen LogP contribution is 2.17. The lowest BCUT2D eigenvalue weighted by Crippen LogP contribution is -1.96. The second-order valence-corrected chi connectivity index (χ2v) is 4.00. The number of ether oxygens (including phenoxy) is 1. The molecule has 2 aromatic rings. The number of halogens is 2. The molecule has 0 N–H and O–H groups in total. The summed E-state index contributed by atoms with van der Waals surface area (Å²) < 4.78 is 5.56. The first kappa shape index (κ1) is 11.2. The van der Waals surface area contributed by atoms with Crippen LogP contribution in [0.1, 0.15) is 5.56 Å². The number of rotatable bonds is 3. The summed E-state index contributed by atoms with van der Waals surface area (Å²) in [6, 6.07) is 13.0. The minimum Gasteiger partial charge on any atom is -0.489 e. The van der Waals surface area contributed by atoms with E-state index in [1.165, 1.54) is 0 Å². The van der Waals surface area contributed by atoms with Crippen LogP contribution in [0.4, 0.5) is 0 Å². The molecule has 1 heterocycles. The van der Waals surface area contributed by atoms with Crippen molar-refractivity contribution in [2.45, 2.75) is 6.61 Å². The van der Waals surface area contributed by atoms with Crippen molar-refractivity contribution in [3.05, 3.63) is 58.3 Å². The van der Waals surface area contributed by atoms with Gasteiger partial charge < -0.3 is 4.74 Å². The van der Waals surface area contributed by atoms with Crippen molar-refractivity contribution >= 4 is 23.2 Å². The number of aromatic nitrogens is 1. The van der Waals surface area contributed by atoms with Crippen molar-refractivity contribution in [1.29, 1.82) is 0 Å². The third kappa shape index (κ3) is 3.12. The lowest BCUT2D eigenvalue weighted by atomic mass is 10.3. The van der Waals surface area contributed by atoms with Gasteiger partial charge in [-0.15, -0.1) is 0 Å². The Morgan fingerprint density at radius 1 is 1.00 bits per heavy atom. The molecule has 1 aromatic carbocycles. The Balaban J connectivity index is 2.05. The van der Waals surface area contributed by atoms with Gasteiger partial charge in [-0.1, -0.05) is 41.4 Å². The van der Waals surface area contributed by atoms with E-state index in [0.717, 1.165) is 11.3 Å². The van der Waals surface area contributed by atoms with E-state index < -0.39 is 0 Å². The molecule has 0 fully saturated rings. The molecule has 2 nitrogen and oxygen atoms in total. The van der Waals surface area contributed by atoms with Crippen molar-refractivity contribution in [1.82, 2.24) is 4.98 Å². The van der Waals surface area contributed by atoms with Gasteiger partial charge in [0, 0.05) is 0 Å². The fourth-order valence-electron chi connectivity index (χ4n) is 1.28. The van der Waals surface area contributed by atoms with Crippen LogP contribution in [-0.4, -0.2) is 4.98 Å². The average Bonchev–Trinajstić information content (AvgIpc) is 2.27. The monoisotopic (exact) mass is 253 g/mol. The standard InChI is InChI=1S/C12H9Cl2NO/c13-11-6-9(7-12(14)15-11)8-16-10-4-2-1-3-5-10/h1-7H,8H2. The summed E-state index contributed by atoms with van der Waals surface area (Å²) in [6.07, 6.45) is 0. The number of hydrogen-bond donors (Lipinski definition) is 0. The maximum Gasteiger partial charge on any atom is 0.131 e. The smallest absolute Gasteiger partial charge is 0.131 e. The van der Waals surface area contributed by atoms with Crippen LogP contribution in [0, 0.1) is 0 Å².